The number of halogens is 1. The number of anilines is 1. The third-order valence-corrected chi connectivity index (χ3v) is 4.97. The summed E-state index contributed by atoms with van der Waals surface area (Å²) in [7, 11) is -3.80. The van der Waals surface area contributed by atoms with Crippen molar-refractivity contribution in [2.45, 2.75) is 25.2 Å². The minimum atomic E-state index is -3.80. The lowest BCUT2D eigenvalue weighted by Gasteiger charge is -2.12. The molecular weight excluding hydrogens is 348 g/mol. The Balaban J connectivity index is 2.27. The lowest BCUT2D eigenvalue weighted by molar-refractivity contribution is 0.0953. The van der Waals surface area contributed by atoms with Crippen LogP contribution in [-0.2, 0) is 10.0 Å². The van der Waals surface area contributed by atoms with Crippen LogP contribution in [0.3, 0.4) is 0 Å². The van der Waals surface area contributed by atoms with E-state index >= 15 is 0 Å². The van der Waals surface area contributed by atoms with Gasteiger partial charge in [0.2, 0.25) is 0 Å². The average molecular weight is 367 g/mol. The summed E-state index contributed by atoms with van der Waals surface area (Å²) in [5.41, 5.74) is 1.46. The summed E-state index contributed by atoms with van der Waals surface area (Å²) in [6.07, 6.45) is 0.807. The predicted octanol–water partition coefficient (Wildman–Crippen LogP) is 3.59. The van der Waals surface area contributed by atoms with Crippen molar-refractivity contribution in [3.8, 4) is 0 Å². The van der Waals surface area contributed by atoms with E-state index in [1.807, 2.05) is 6.92 Å². The Morgan fingerprint density at radius 3 is 2.58 bits per heavy atom. The highest BCUT2D eigenvalue weighted by Gasteiger charge is 2.17. The first-order valence-electron chi connectivity index (χ1n) is 7.50. The molecule has 1 amide bonds. The highest BCUT2D eigenvalue weighted by Crippen LogP contribution is 2.23. The molecule has 0 atom stereocenters. The van der Waals surface area contributed by atoms with Crippen LogP contribution in [0.5, 0.6) is 0 Å². The van der Waals surface area contributed by atoms with Crippen molar-refractivity contribution in [1.29, 1.82) is 0 Å². The zero-order chi connectivity index (χ0) is 17.7. The van der Waals surface area contributed by atoms with Gasteiger partial charge in [-0.05, 0) is 55.3 Å². The van der Waals surface area contributed by atoms with Crippen molar-refractivity contribution in [1.82, 2.24) is 5.32 Å². The zero-order valence-electron chi connectivity index (χ0n) is 13.5. The number of amides is 1. The summed E-state index contributed by atoms with van der Waals surface area (Å²) in [5, 5.41) is 3.26. The van der Waals surface area contributed by atoms with Crippen LogP contribution in [0.4, 0.5) is 5.69 Å². The normalized spacial score (nSPS) is 11.1. The minimum Gasteiger partial charge on any atom is -0.352 e. The van der Waals surface area contributed by atoms with Crippen LogP contribution in [0, 0.1) is 6.92 Å². The Morgan fingerprint density at radius 1 is 1.17 bits per heavy atom. The molecule has 128 valence electrons. The number of rotatable bonds is 6. The Kier molecular flexibility index (Phi) is 5.85. The van der Waals surface area contributed by atoms with Gasteiger partial charge in [0.1, 0.15) is 0 Å². The van der Waals surface area contributed by atoms with Crippen LogP contribution in [0.15, 0.2) is 47.4 Å². The molecule has 0 aromatic heterocycles. The standard InChI is InChI=1S/C17H19ClN2O3S/c1-3-9-19-17(21)13-5-4-6-15(11-13)24(22,23)20-16-8-7-14(18)10-12(16)2/h4-8,10-11,20H,3,9H2,1-2H3,(H,19,21). The topological polar surface area (TPSA) is 75.3 Å². The van der Waals surface area contributed by atoms with E-state index in [1.165, 1.54) is 12.1 Å². The van der Waals surface area contributed by atoms with Crippen LogP contribution < -0.4 is 10.0 Å². The molecule has 0 spiro atoms. The molecule has 0 radical (unpaired) electrons. The lowest BCUT2D eigenvalue weighted by atomic mass is 10.2. The number of aryl methyl sites for hydroxylation is 1. The van der Waals surface area contributed by atoms with Gasteiger partial charge in [-0.1, -0.05) is 24.6 Å². The van der Waals surface area contributed by atoms with Gasteiger partial charge in [-0.25, -0.2) is 8.42 Å². The molecule has 24 heavy (non-hydrogen) atoms. The maximum atomic E-state index is 12.6. The molecule has 0 fully saturated rings. The van der Waals surface area contributed by atoms with E-state index in [9.17, 15) is 13.2 Å². The van der Waals surface area contributed by atoms with Crippen molar-refractivity contribution in [2.24, 2.45) is 0 Å². The Labute approximate surface area is 147 Å². The third kappa shape index (κ3) is 4.49. The Hall–Kier alpha value is -2.05. The fraction of sp³-hybridized carbons (Fsp3) is 0.235. The molecule has 2 aromatic rings. The second kappa shape index (κ2) is 7.68. The number of sulfonamides is 1. The summed E-state index contributed by atoms with van der Waals surface area (Å²) in [6, 6.07) is 10.8. The second-order valence-electron chi connectivity index (χ2n) is 5.35. The van der Waals surface area contributed by atoms with Crippen LogP contribution in [0.25, 0.3) is 0 Å². The summed E-state index contributed by atoms with van der Waals surface area (Å²) in [6.45, 7) is 4.25. The second-order valence-corrected chi connectivity index (χ2v) is 7.47. The maximum Gasteiger partial charge on any atom is 0.261 e. The fourth-order valence-electron chi connectivity index (χ4n) is 2.09. The molecule has 0 aliphatic carbocycles. The van der Waals surface area contributed by atoms with Gasteiger partial charge in [0.15, 0.2) is 0 Å². The van der Waals surface area contributed by atoms with Gasteiger partial charge in [0.05, 0.1) is 10.6 Å². The molecule has 5 nitrogen and oxygen atoms in total. The monoisotopic (exact) mass is 366 g/mol. The molecule has 0 saturated heterocycles. The molecule has 0 unspecified atom stereocenters. The van der Waals surface area contributed by atoms with E-state index in [0.29, 0.717) is 28.4 Å². The van der Waals surface area contributed by atoms with Gasteiger partial charge in [0, 0.05) is 17.1 Å². The van der Waals surface area contributed by atoms with E-state index in [-0.39, 0.29) is 10.8 Å². The zero-order valence-corrected chi connectivity index (χ0v) is 15.0. The van der Waals surface area contributed by atoms with Gasteiger partial charge in [-0.15, -0.1) is 0 Å². The SMILES string of the molecule is CCCNC(=O)c1cccc(S(=O)(=O)Nc2ccc(Cl)cc2C)c1. The number of benzene rings is 2. The highest BCUT2D eigenvalue weighted by molar-refractivity contribution is 7.92. The fourth-order valence-corrected chi connectivity index (χ4v) is 3.49. The van der Waals surface area contributed by atoms with Crippen molar-refractivity contribution in [3.05, 3.63) is 58.6 Å². The first-order chi connectivity index (χ1) is 11.3. The van der Waals surface area contributed by atoms with E-state index in [2.05, 4.69) is 10.0 Å². The largest absolute Gasteiger partial charge is 0.352 e. The first-order valence-corrected chi connectivity index (χ1v) is 9.37. The van der Waals surface area contributed by atoms with Crippen LogP contribution in [-0.4, -0.2) is 20.9 Å². The molecule has 2 N–H and O–H groups in total. The third-order valence-electron chi connectivity index (χ3n) is 3.37. The Morgan fingerprint density at radius 2 is 1.92 bits per heavy atom. The van der Waals surface area contributed by atoms with Crippen LogP contribution in [0.2, 0.25) is 5.02 Å². The molecule has 0 saturated carbocycles. The van der Waals surface area contributed by atoms with Gasteiger partial charge < -0.3 is 5.32 Å². The van der Waals surface area contributed by atoms with Crippen molar-refractivity contribution in [2.75, 3.05) is 11.3 Å². The Bertz CT molecular complexity index is 851. The lowest BCUT2D eigenvalue weighted by Crippen LogP contribution is -2.24. The number of nitrogens with one attached hydrogen (secondary N) is 2. The molecule has 0 heterocycles. The number of hydrogen-bond donors (Lipinski definition) is 2. The van der Waals surface area contributed by atoms with Crippen molar-refractivity contribution >= 4 is 33.2 Å². The number of carbonyl (C=O) groups is 1. The van der Waals surface area contributed by atoms with Crippen LogP contribution >= 0.6 is 11.6 Å². The van der Waals surface area contributed by atoms with E-state index in [4.69, 9.17) is 11.6 Å². The minimum absolute atomic E-state index is 0.0287. The number of carbonyl (C=O) groups excluding carboxylic acids is 1. The van der Waals surface area contributed by atoms with Crippen molar-refractivity contribution < 1.29 is 13.2 Å². The summed E-state index contributed by atoms with van der Waals surface area (Å²) >= 11 is 5.88. The summed E-state index contributed by atoms with van der Waals surface area (Å²) in [5.74, 6) is -0.295. The predicted molar refractivity (Wildman–Crippen MR) is 96.1 cm³/mol. The van der Waals surface area contributed by atoms with Gasteiger partial charge >= 0.3 is 0 Å². The first kappa shape index (κ1) is 18.3. The quantitative estimate of drug-likeness (QED) is 0.820. The van der Waals surface area contributed by atoms with Gasteiger partial charge in [-0.3, -0.25) is 9.52 Å². The maximum absolute atomic E-state index is 12.6. The van der Waals surface area contributed by atoms with Crippen LogP contribution in [0.1, 0.15) is 29.3 Å². The molecule has 2 rings (SSSR count). The van der Waals surface area contributed by atoms with Crippen molar-refractivity contribution in [3.63, 3.8) is 0 Å². The number of hydrogen-bond acceptors (Lipinski definition) is 3. The average Bonchev–Trinajstić information content (AvgIpc) is 2.55. The molecular formula is C17H19ClN2O3S. The molecule has 2 aromatic carbocycles. The summed E-state index contributed by atoms with van der Waals surface area (Å²) in [4.78, 5) is 12.0. The molecule has 0 aliphatic rings. The smallest absolute Gasteiger partial charge is 0.261 e. The van der Waals surface area contributed by atoms with E-state index < -0.39 is 10.0 Å². The summed E-state index contributed by atoms with van der Waals surface area (Å²) < 4.78 is 27.6. The molecule has 0 bridgehead atoms. The van der Waals surface area contributed by atoms with E-state index in [0.717, 1.165) is 6.42 Å². The van der Waals surface area contributed by atoms with Gasteiger partial charge in [0.25, 0.3) is 15.9 Å². The highest BCUT2D eigenvalue weighted by atomic mass is 35.5. The molecule has 0 aliphatic heterocycles. The molecule has 7 heteroatoms. The van der Waals surface area contributed by atoms with Gasteiger partial charge in [-0.2, -0.15) is 0 Å². The van der Waals surface area contributed by atoms with E-state index in [1.54, 1.807) is 37.3 Å².